The Morgan fingerprint density at radius 3 is 2.26 bits per heavy atom. The number of benzene rings is 2. The lowest BCUT2D eigenvalue weighted by Crippen LogP contribution is -2.48. The number of amides is 2. The number of hydrogen-bond acceptors (Lipinski definition) is 5. The monoisotopic (exact) mass is 574 g/mol. The maximum atomic E-state index is 13.3. The van der Waals surface area contributed by atoms with Gasteiger partial charge in [-0.15, -0.1) is 0 Å². The summed E-state index contributed by atoms with van der Waals surface area (Å²) in [5.74, 6) is -2.80. The molecule has 0 aliphatic heterocycles. The van der Waals surface area contributed by atoms with Crippen LogP contribution in [0.15, 0.2) is 54.6 Å². The number of carbonyl (C=O) groups is 4. The van der Waals surface area contributed by atoms with Crippen molar-refractivity contribution in [2.45, 2.75) is 46.1 Å². The van der Waals surface area contributed by atoms with Crippen LogP contribution in [0.4, 0.5) is 5.69 Å². The summed E-state index contributed by atoms with van der Waals surface area (Å²) < 4.78 is 4.94. The van der Waals surface area contributed by atoms with Gasteiger partial charge in [0.2, 0.25) is 5.91 Å². The van der Waals surface area contributed by atoms with E-state index in [1.54, 1.807) is 48.5 Å². The van der Waals surface area contributed by atoms with E-state index in [0.717, 1.165) is 11.6 Å². The molecule has 1 fully saturated rings. The molecule has 0 aromatic heterocycles. The van der Waals surface area contributed by atoms with Crippen molar-refractivity contribution >= 4 is 52.6 Å². The van der Waals surface area contributed by atoms with Crippen LogP contribution >= 0.6 is 23.2 Å². The molecule has 1 aliphatic rings. The van der Waals surface area contributed by atoms with Gasteiger partial charge >= 0.3 is 11.9 Å². The molecular formula is C29H32Cl2N2O6. The highest BCUT2D eigenvalue weighted by Crippen LogP contribution is 2.56. The molecule has 3 rings (SSSR count). The van der Waals surface area contributed by atoms with Crippen LogP contribution < -0.4 is 10.6 Å². The maximum Gasteiger partial charge on any atom is 0.328 e. The number of allylic oxidation sites excluding steroid dienone is 1. The second kappa shape index (κ2) is 12.2. The van der Waals surface area contributed by atoms with Crippen molar-refractivity contribution in [3.63, 3.8) is 0 Å². The van der Waals surface area contributed by atoms with E-state index >= 15 is 0 Å². The highest BCUT2D eigenvalue weighted by Gasteiger charge is 2.53. The van der Waals surface area contributed by atoms with Gasteiger partial charge in [0.15, 0.2) is 0 Å². The number of rotatable bonds is 9. The van der Waals surface area contributed by atoms with E-state index in [2.05, 4.69) is 10.6 Å². The molecule has 39 heavy (non-hydrogen) atoms. The van der Waals surface area contributed by atoms with Gasteiger partial charge in [0.1, 0.15) is 6.04 Å². The summed E-state index contributed by atoms with van der Waals surface area (Å²) in [6, 6.07) is 10.7. The molecule has 2 aromatic carbocycles. The van der Waals surface area contributed by atoms with Crippen molar-refractivity contribution in [3.05, 3.63) is 75.8 Å². The van der Waals surface area contributed by atoms with Gasteiger partial charge in [-0.1, -0.05) is 68.2 Å². The minimum atomic E-state index is -1.04. The molecule has 0 bridgehead atoms. The summed E-state index contributed by atoms with van der Waals surface area (Å²) in [4.78, 5) is 49.6. The molecule has 8 nitrogen and oxygen atoms in total. The molecule has 2 aromatic rings. The van der Waals surface area contributed by atoms with Crippen molar-refractivity contribution < 1.29 is 29.0 Å². The second-order valence-corrected chi connectivity index (χ2v) is 11.3. The predicted molar refractivity (Wildman–Crippen MR) is 150 cm³/mol. The van der Waals surface area contributed by atoms with Crippen molar-refractivity contribution in [3.8, 4) is 0 Å². The molecule has 0 spiro atoms. The van der Waals surface area contributed by atoms with Gasteiger partial charge in [-0.3, -0.25) is 9.59 Å². The highest BCUT2D eigenvalue weighted by molar-refractivity contribution is 6.40. The van der Waals surface area contributed by atoms with Crippen LogP contribution in [0.5, 0.6) is 0 Å². The Morgan fingerprint density at radius 1 is 1.08 bits per heavy atom. The average molecular weight is 575 g/mol. The van der Waals surface area contributed by atoms with E-state index in [-0.39, 0.29) is 27.9 Å². The zero-order valence-electron chi connectivity index (χ0n) is 22.2. The molecule has 0 radical (unpaired) electrons. The first-order valence-corrected chi connectivity index (χ1v) is 13.2. The fourth-order valence-corrected chi connectivity index (χ4v) is 5.58. The molecule has 10 heteroatoms. The molecule has 3 atom stereocenters. The molecule has 1 aliphatic carbocycles. The molecule has 0 heterocycles. The lowest BCUT2D eigenvalue weighted by molar-refractivity contribution is -0.146. The predicted octanol–water partition coefficient (Wildman–Crippen LogP) is 5.53. The minimum absolute atomic E-state index is 0.169. The Hall–Kier alpha value is -3.36. The van der Waals surface area contributed by atoms with Gasteiger partial charge in [0.25, 0.3) is 5.91 Å². The number of halogens is 2. The zero-order valence-corrected chi connectivity index (χ0v) is 23.7. The summed E-state index contributed by atoms with van der Waals surface area (Å²) in [5.41, 5.74) is 0.360. The quantitative estimate of drug-likeness (QED) is 0.267. The molecule has 2 amide bonds. The van der Waals surface area contributed by atoms with Gasteiger partial charge in [-0.05, 0) is 53.5 Å². The summed E-state index contributed by atoms with van der Waals surface area (Å²) in [7, 11) is 1.26. The van der Waals surface area contributed by atoms with E-state index < -0.39 is 40.6 Å². The molecule has 3 N–H and O–H groups in total. The number of methoxy groups -OCH3 is 1. The summed E-state index contributed by atoms with van der Waals surface area (Å²) in [5, 5.41) is 15.1. The fraction of sp³-hybridized carbons (Fsp3) is 0.379. The van der Waals surface area contributed by atoms with Crippen LogP contribution in [0.25, 0.3) is 0 Å². The Balaban J connectivity index is 1.70. The lowest BCUT2D eigenvalue weighted by atomic mass is 9.65. The van der Waals surface area contributed by atoms with Crippen molar-refractivity contribution in [1.82, 2.24) is 5.32 Å². The van der Waals surface area contributed by atoms with Crippen LogP contribution in [-0.4, -0.2) is 42.0 Å². The number of ether oxygens (including phenoxy) is 1. The number of nitrogens with one attached hydrogen (secondary N) is 2. The SMILES string of the molecule is COC(=O)C(Cc1ccc(NC(=O)c2c(Cl)cccc2Cl)cc1)NC(=O)[C@@H]1CC[C@@](C)(C=CC(=O)O)C1(C)C. The second-order valence-electron chi connectivity index (χ2n) is 10.4. The molecule has 0 saturated heterocycles. The summed E-state index contributed by atoms with van der Waals surface area (Å²) in [6.45, 7) is 5.82. The summed E-state index contributed by atoms with van der Waals surface area (Å²) >= 11 is 12.2. The van der Waals surface area contributed by atoms with Crippen LogP contribution in [-0.2, 0) is 25.5 Å². The first-order chi connectivity index (χ1) is 18.3. The third kappa shape index (κ3) is 6.81. The molecular weight excluding hydrogens is 543 g/mol. The van der Waals surface area contributed by atoms with Gasteiger partial charge < -0.3 is 20.5 Å². The number of anilines is 1. The molecule has 208 valence electrons. The van der Waals surface area contributed by atoms with Crippen LogP contribution in [0.3, 0.4) is 0 Å². The highest BCUT2D eigenvalue weighted by atomic mass is 35.5. The van der Waals surface area contributed by atoms with Gasteiger partial charge in [-0.25, -0.2) is 9.59 Å². The number of hydrogen-bond donors (Lipinski definition) is 3. The van der Waals surface area contributed by atoms with E-state index in [4.69, 9.17) is 33.0 Å². The van der Waals surface area contributed by atoms with E-state index in [1.165, 1.54) is 7.11 Å². The Labute approximate surface area is 237 Å². The van der Waals surface area contributed by atoms with Gasteiger partial charge in [0.05, 0.1) is 22.7 Å². The van der Waals surface area contributed by atoms with E-state index in [0.29, 0.717) is 18.5 Å². The largest absolute Gasteiger partial charge is 0.478 e. The first kappa shape index (κ1) is 30.2. The van der Waals surface area contributed by atoms with Crippen LogP contribution in [0.1, 0.15) is 49.5 Å². The number of carboxylic acid groups (broad SMARTS) is 1. The minimum Gasteiger partial charge on any atom is -0.478 e. The lowest BCUT2D eigenvalue weighted by Gasteiger charge is -2.39. The number of carbonyl (C=O) groups excluding carboxylic acids is 3. The topological polar surface area (TPSA) is 122 Å². The third-order valence-corrected chi connectivity index (χ3v) is 8.48. The van der Waals surface area contributed by atoms with Crippen LogP contribution in [0.2, 0.25) is 10.0 Å². The molecule has 1 unspecified atom stereocenters. The Morgan fingerprint density at radius 2 is 1.69 bits per heavy atom. The fourth-order valence-electron chi connectivity index (χ4n) is 5.01. The molecule has 1 saturated carbocycles. The standard InChI is InChI=1S/C29H32Cl2N2O6/c1-28(2)19(12-14-29(28,3)15-13-23(34)35)25(36)33-22(27(38)39-4)16-17-8-10-18(11-9-17)32-26(37)24-20(30)6-5-7-21(24)31/h5-11,13,15,19,22H,12,14,16H2,1-4H3,(H,32,37)(H,33,36)(H,34,35)/t19-,22?,29-/m0/s1. The normalized spacial score (nSPS) is 20.8. The van der Waals surface area contributed by atoms with Crippen molar-refractivity contribution in [1.29, 1.82) is 0 Å². The smallest absolute Gasteiger partial charge is 0.328 e. The maximum absolute atomic E-state index is 13.3. The van der Waals surface area contributed by atoms with Gasteiger partial charge in [0, 0.05) is 24.1 Å². The first-order valence-electron chi connectivity index (χ1n) is 12.4. The number of aliphatic carboxylic acids is 1. The number of esters is 1. The third-order valence-electron chi connectivity index (χ3n) is 7.85. The Bertz CT molecular complexity index is 1270. The van der Waals surface area contributed by atoms with Crippen molar-refractivity contribution in [2.24, 2.45) is 16.7 Å². The Kier molecular flexibility index (Phi) is 9.46. The van der Waals surface area contributed by atoms with E-state index in [1.807, 2.05) is 20.8 Å². The van der Waals surface area contributed by atoms with E-state index in [9.17, 15) is 19.2 Å². The van der Waals surface area contributed by atoms with Gasteiger partial charge in [-0.2, -0.15) is 0 Å². The average Bonchev–Trinajstić information content (AvgIpc) is 3.11. The van der Waals surface area contributed by atoms with Crippen molar-refractivity contribution in [2.75, 3.05) is 12.4 Å². The summed E-state index contributed by atoms with van der Waals surface area (Å²) in [6.07, 6.45) is 4.13. The number of carboxylic acids is 1. The zero-order chi connectivity index (χ0) is 29.0. The van der Waals surface area contributed by atoms with Crippen LogP contribution in [0, 0.1) is 16.7 Å².